The third-order valence-electron chi connectivity index (χ3n) is 5.30. The maximum Gasteiger partial charge on any atom is 0.295 e. The van der Waals surface area contributed by atoms with E-state index in [-0.39, 0.29) is 11.3 Å². The van der Waals surface area contributed by atoms with Gasteiger partial charge in [-0.3, -0.25) is 9.59 Å². The monoisotopic (exact) mass is 395 g/mol. The Morgan fingerprint density at radius 2 is 1.66 bits per heavy atom. The van der Waals surface area contributed by atoms with Crippen molar-refractivity contribution in [3.63, 3.8) is 0 Å². The molecule has 2 aromatic carbocycles. The number of unbranched alkanes of at least 4 members (excludes halogenated alkanes) is 3. The molecular formula is C24H26FNO3. The number of likely N-dealkylation sites (tertiary alicyclic amines) is 1. The molecule has 152 valence electrons. The molecule has 0 bridgehead atoms. The standard InChI is InChI=1S/C24H26FNO3/c1-3-4-5-6-15-26-21(17-11-13-19(25)14-12-17)20(23(28)24(26)29)22(27)18-9-7-16(2)8-10-18/h7-14,21,27H,3-6,15H2,1-2H3/b22-20+/t21-/m0/s1. The van der Waals surface area contributed by atoms with Gasteiger partial charge in [0.15, 0.2) is 0 Å². The van der Waals surface area contributed by atoms with Crippen molar-refractivity contribution in [2.24, 2.45) is 0 Å². The number of amides is 1. The number of aliphatic hydroxyl groups excluding tert-OH is 1. The van der Waals surface area contributed by atoms with Gasteiger partial charge in [0, 0.05) is 12.1 Å². The summed E-state index contributed by atoms with van der Waals surface area (Å²) < 4.78 is 13.5. The number of nitrogens with zero attached hydrogens (tertiary/aromatic N) is 1. The van der Waals surface area contributed by atoms with E-state index in [1.165, 1.54) is 17.0 Å². The number of benzene rings is 2. The minimum Gasteiger partial charge on any atom is -0.507 e. The predicted octanol–water partition coefficient (Wildman–Crippen LogP) is 5.14. The summed E-state index contributed by atoms with van der Waals surface area (Å²) >= 11 is 0. The highest BCUT2D eigenvalue weighted by molar-refractivity contribution is 6.46. The first-order valence-electron chi connectivity index (χ1n) is 10.0. The second-order valence-corrected chi connectivity index (χ2v) is 7.47. The molecule has 0 saturated carbocycles. The molecule has 0 aromatic heterocycles. The predicted molar refractivity (Wildman–Crippen MR) is 111 cm³/mol. The summed E-state index contributed by atoms with van der Waals surface area (Å²) in [5.74, 6) is -1.92. The normalized spacial score (nSPS) is 18.4. The minimum atomic E-state index is -0.724. The lowest BCUT2D eigenvalue weighted by molar-refractivity contribution is -0.139. The maximum absolute atomic E-state index is 13.5. The smallest absolute Gasteiger partial charge is 0.295 e. The van der Waals surface area contributed by atoms with Gasteiger partial charge in [-0.25, -0.2) is 4.39 Å². The minimum absolute atomic E-state index is 0.0564. The van der Waals surface area contributed by atoms with Crippen LogP contribution < -0.4 is 0 Å². The number of Topliss-reactive ketones (excluding diaryl/α,β-unsaturated/α-hetero) is 1. The first-order valence-corrected chi connectivity index (χ1v) is 10.0. The van der Waals surface area contributed by atoms with Crippen LogP contribution in [0.3, 0.4) is 0 Å². The molecule has 1 N–H and O–H groups in total. The molecule has 5 heteroatoms. The first kappa shape index (κ1) is 20.8. The fraction of sp³-hybridized carbons (Fsp3) is 0.333. The Bertz CT molecular complexity index is 916. The number of ketones is 1. The summed E-state index contributed by atoms with van der Waals surface area (Å²) in [6.45, 7) is 4.45. The maximum atomic E-state index is 13.5. The summed E-state index contributed by atoms with van der Waals surface area (Å²) in [6.07, 6.45) is 3.83. The lowest BCUT2D eigenvalue weighted by atomic mass is 9.95. The SMILES string of the molecule is CCCCCCN1C(=O)C(=O)/C(=C(/O)c2ccc(C)cc2)[C@@H]1c1ccc(F)cc1. The van der Waals surface area contributed by atoms with Gasteiger partial charge in [0.1, 0.15) is 11.6 Å². The highest BCUT2D eigenvalue weighted by atomic mass is 19.1. The molecule has 0 radical (unpaired) electrons. The van der Waals surface area contributed by atoms with E-state index in [0.29, 0.717) is 17.7 Å². The van der Waals surface area contributed by atoms with Gasteiger partial charge in [0.25, 0.3) is 11.7 Å². The van der Waals surface area contributed by atoms with Crippen molar-refractivity contribution in [3.05, 3.63) is 76.6 Å². The van der Waals surface area contributed by atoms with E-state index in [1.54, 1.807) is 24.3 Å². The molecule has 29 heavy (non-hydrogen) atoms. The summed E-state index contributed by atoms with van der Waals surface area (Å²) in [6, 6.07) is 12.1. The Hall–Kier alpha value is -2.95. The molecule has 0 aliphatic carbocycles. The zero-order chi connectivity index (χ0) is 21.0. The topological polar surface area (TPSA) is 57.6 Å². The molecule has 4 nitrogen and oxygen atoms in total. The summed E-state index contributed by atoms with van der Waals surface area (Å²) in [7, 11) is 0. The number of halogens is 1. The van der Waals surface area contributed by atoms with Crippen LogP contribution in [0.4, 0.5) is 4.39 Å². The molecule has 1 aliphatic heterocycles. The van der Waals surface area contributed by atoms with Crippen molar-refractivity contribution in [2.75, 3.05) is 6.54 Å². The van der Waals surface area contributed by atoms with Crippen molar-refractivity contribution >= 4 is 17.4 Å². The largest absolute Gasteiger partial charge is 0.507 e. The Labute approximate surface area is 170 Å². The molecular weight excluding hydrogens is 369 g/mol. The Balaban J connectivity index is 2.05. The fourth-order valence-electron chi connectivity index (χ4n) is 3.68. The van der Waals surface area contributed by atoms with Crippen molar-refractivity contribution in [2.45, 2.75) is 45.6 Å². The molecule has 0 spiro atoms. The Kier molecular flexibility index (Phi) is 6.47. The molecule has 1 amide bonds. The number of aryl methyl sites for hydroxylation is 1. The van der Waals surface area contributed by atoms with Crippen LogP contribution in [-0.4, -0.2) is 28.2 Å². The van der Waals surface area contributed by atoms with Crippen LogP contribution in [0.25, 0.3) is 5.76 Å². The quantitative estimate of drug-likeness (QED) is 0.306. The van der Waals surface area contributed by atoms with Crippen LogP contribution in [0, 0.1) is 12.7 Å². The van der Waals surface area contributed by atoms with Gasteiger partial charge in [0.05, 0.1) is 11.6 Å². The number of rotatable bonds is 7. The lowest BCUT2D eigenvalue weighted by Crippen LogP contribution is -2.30. The van der Waals surface area contributed by atoms with Crippen molar-refractivity contribution in [1.82, 2.24) is 4.90 Å². The molecule has 1 atom stereocenters. The number of carbonyl (C=O) groups excluding carboxylic acids is 2. The van der Waals surface area contributed by atoms with Gasteiger partial charge in [-0.1, -0.05) is 68.1 Å². The van der Waals surface area contributed by atoms with Gasteiger partial charge in [-0.05, 0) is 31.0 Å². The number of hydrogen-bond donors (Lipinski definition) is 1. The van der Waals surface area contributed by atoms with Crippen molar-refractivity contribution in [3.8, 4) is 0 Å². The second-order valence-electron chi connectivity index (χ2n) is 7.47. The molecule has 2 aromatic rings. The third-order valence-corrected chi connectivity index (χ3v) is 5.30. The van der Waals surface area contributed by atoms with E-state index in [4.69, 9.17) is 0 Å². The van der Waals surface area contributed by atoms with Crippen LogP contribution in [0.5, 0.6) is 0 Å². The fourth-order valence-corrected chi connectivity index (χ4v) is 3.68. The Morgan fingerprint density at radius 3 is 2.28 bits per heavy atom. The number of hydrogen-bond acceptors (Lipinski definition) is 3. The van der Waals surface area contributed by atoms with Gasteiger partial charge in [0.2, 0.25) is 0 Å². The van der Waals surface area contributed by atoms with E-state index in [1.807, 2.05) is 19.1 Å². The molecule has 1 heterocycles. The van der Waals surface area contributed by atoms with Crippen LogP contribution >= 0.6 is 0 Å². The highest BCUT2D eigenvalue weighted by Gasteiger charge is 2.45. The average molecular weight is 395 g/mol. The number of aliphatic hydroxyl groups is 1. The van der Waals surface area contributed by atoms with E-state index in [9.17, 15) is 19.1 Å². The lowest BCUT2D eigenvalue weighted by Gasteiger charge is -2.25. The van der Waals surface area contributed by atoms with Gasteiger partial charge >= 0.3 is 0 Å². The van der Waals surface area contributed by atoms with Gasteiger partial charge in [-0.15, -0.1) is 0 Å². The van der Waals surface area contributed by atoms with E-state index < -0.39 is 23.5 Å². The van der Waals surface area contributed by atoms with Crippen LogP contribution in [0.2, 0.25) is 0 Å². The summed E-state index contributed by atoms with van der Waals surface area (Å²) in [5.41, 5.74) is 2.16. The molecule has 1 aliphatic rings. The van der Waals surface area contributed by atoms with Crippen molar-refractivity contribution < 1.29 is 19.1 Å². The molecule has 3 rings (SSSR count). The van der Waals surface area contributed by atoms with Crippen LogP contribution in [0.1, 0.15) is 55.3 Å². The molecule has 1 saturated heterocycles. The zero-order valence-electron chi connectivity index (χ0n) is 16.8. The summed E-state index contributed by atoms with van der Waals surface area (Å²) in [5, 5.41) is 10.9. The second kappa shape index (κ2) is 9.03. The van der Waals surface area contributed by atoms with Crippen molar-refractivity contribution in [1.29, 1.82) is 0 Å². The summed E-state index contributed by atoms with van der Waals surface area (Å²) in [4.78, 5) is 27.1. The highest BCUT2D eigenvalue weighted by Crippen LogP contribution is 2.39. The van der Waals surface area contributed by atoms with E-state index in [0.717, 1.165) is 31.2 Å². The first-order chi connectivity index (χ1) is 13.9. The zero-order valence-corrected chi connectivity index (χ0v) is 16.8. The average Bonchev–Trinajstić information content (AvgIpc) is 2.96. The molecule has 1 fully saturated rings. The van der Waals surface area contributed by atoms with Crippen LogP contribution in [-0.2, 0) is 9.59 Å². The molecule has 0 unspecified atom stereocenters. The van der Waals surface area contributed by atoms with E-state index in [2.05, 4.69) is 6.92 Å². The van der Waals surface area contributed by atoms with Gasteiger partial charge in [-0.2, -0.15) is 0 Å². The van der Waals surface area contributed by atoms with Crippen LogP contribution in [0.15, 0.2) is 54.1 Å². The Morgan fingerprint density at radius 1 is 1.00 bits per heavy atom. The van der Waals surface area contributed by atoms with E-state index >= 15 is 0 Å². The van der Waals surface area contributed by atoms with Gasteiger partial charge < -0.3 is 10.0 Å². The third kappa shape index (κ3) is 4.39. The number of carbonyl (C=O) groups is 2.